The number of rotatable bonds is 3. The van der Waals surface area contributed by atoms with E-state index in [0.29, 0.717) is 42.3 Å². The molecule has 0 amide bonds. The largest absolute Gasteiger partial charge is 0.501 e. The minimum atomic E-state index is 0.0614. The van der Waals surface area contributed by atoms with E-state index in [9.17, 15) is 14.4 Å². The fourth-order valence-electron chi connectivity index (χ4n) is 10.3. The maximum Gasteiger partial charge on any atom is 0.236 e. The fourth-order valence-corrected chi connectivity index (χ4v) is 10.3. The van der Waals surface area contributed by atoms with Crippen molar-refractivity contribution in [2.75, 3.05) is 13.7 Å². The lowest BCUT2D eigenvalue weighted by molar-refractivity contribution is -0.118. The molecular formula is C60H88N2O4. The number of ether oxygens (including phenoxy) is 1. The summed E-state index contributed by atoms with van der Waals surface area (Å²) in [6.45, 7) is 62.2. The van der Waals surface area contributed by atoms with Crippen LogP contribution in [0.15, 0.2) is 119 Å². The van der Waals surface area contributed by atoms with Crippen molar-refractivity contribution in [2.45, 2.75) is 181 Å². The van der Waals surface area contributed by atoms with Crippen LogP contribution in [0.5, 0.6) is 0 Å². The summed E-state index contributed by atoms with van der Waals surface area (Å²) in [7, 11) is 1.61. The Kier molecular flexibility index (Phi) is 22.3. The molecule has 0 fully saturated rings. The van der Waals surface area contributed by atoms with Crippen LogP contribution in [0.4, 0.5) is 0 Å². The summed E-state index contributed by atoms with van der Waals surface area (Å²) in [6, 6.07) is 0. The molecule has 0 saturated heterocycles. The molecular weight excluding hydrogens is 813 g/mol. The summed E-state index contributed by atoms with van der Waals surface area (Å²) in [4.78, 5) is 39.9. The van der Waals surface area contributed by atoms with E-state index >= 15 is 0 Å². The molecule has 0 aliphatic heterocycles. The summed E-state index contributed by atoms with van der Waals surface area (Å²) in [5.74, 6) is 1.45. The predicted octanol–water partition coefficient (Wildman–Crippen LogP) is 16.8. The number of carbonyl (C=O) groups excluding carboxylic acids is 3. The number of hydrogen-bond donors (Lipinski definition) is 0. The first kappa shape index (κ1) is 59.2. The second kappa shape index (κ2) is 24.8. The van der Waals surface area contributed by atoms with Crippen molar-refractivity contribution in [3.05, 3.63) is 142 Å². The zero-order chi connectivity index (χ0) is 51.1. The lowest BCUT2D eigenvalue weighted by Gasteiger charge is -2.30. The highest BCUT2D eigenvalue weighted by Crippen LogP contribution is 2.41. The maximum atomic E-state index is 11.2. The van der Waals surface area contributed by atoms with Crippen LogP contribution in [0.2, 0.25) is 0 Å². The molecule has 0 aromatic carbocycles. The second-order valence-corrected chi connectivity index (χ2v) is 24.6. The normalized spacial score (nSPS) is 22.8. The average molecular weight is 901 g/mol. The Hall–Kier alpha value is -4.81. The first-order valence-electron chi connectivity index (χ1n) is 23.7. The van der Waals surface area contributed by atoms with Gasteiger partial charge in [-0.25, -0.2) is 11.4 Å². The van der Waals surface area contributed by atoms with E-state index in [4.69, 9.17) is 17.9 Å². The number of carbonyl (C=O) groups is 3. The minimum Gasteiger partial charge on any atom is -0.501 e. The zero-order valence-corrected chi connectivity index (χ0v) is 44.5. The summed E-state index contributed by atoms with van der Waals surface area (Å²) in [5.41, 5.74) is 11.9. The second-order valence-electron chi connectivity index (χ2n) is 24.6. The summed E-state index contributed by atoms with van der Waals surface area (Å²) in [5, 5.41) is 0. The van der Waals surface area contributed by atoms with E-state index in [-0.39, 0.29) is 39.0 Å². The average Bonchev–Trinajstić information content (AvgIpc) is 3.07. The van der Waals surface area contributed by atoms with Gasteiger partial charge in [0.15, 0.2) is 23.0 Å². The molecule has 66 heavy (non-hydrogen) atoms. The lowest BCUT2D eigenvalue weighted by Crippen LogP contribution is -2.22. The first-order valence-corrected chi connectivity index (χ1v) is 23.7. The van der Waals surface area contributed by atoms with Crippen molar-refractivity contribution >= 4 is 17.3 Å². The van der Waals surface area contributed by atoms with Gasteiger partial charge in [0.05, 0.1) is 19.4 Å². The summed E-state index contributed by atoms with van der Waals surface area (Å²) in [6.07, 6.45) is 23.0. The third-order valence-corrected chi connectivity index (χ3v) is 11.8. The van der Waals surface area contributed by atoms with Crippen molar-refractivity contribution < 1.29 is 19.1 Å². The quantitative estimate of drug-likeness (QED) is 0.265. The molecule has 362 valence electrons. The van der Waals surface area contributed by atoms with Crippen molar-refractivity contribution in [2.24, 2.45) is 32.5 Å². The zero-order valence-electron chi connectivity index (χ0n) is 44.5. The van der Waals surface area contributed by atoms with Crippen LogP contribution >= 0.6 is 0 Å². The molecule has 0 atom stereocenters. The van der Waals surface area contributed by atoms with E-state index in [2.05, 4.69) is 145 Å². The van der Waals surface area contributed by atoms with Gasteiger partial charge in [0.2, 0.25) is 6.54 Å². The van der Waals surface area contributed by atoms with Crippen molar-refractivity contribution in [3.8, 4) is 0 Å². The molecule has 6 nitrogen and oxygen atoms in total. The predicted molar refractivity (Wildman–Crippen MR) is 280 cm³/mol. The van der Waals surface area contributed by atoms with Gasteiger partial charge >= 0.3 is 0 Å². The van der Waals surface area contributed by atoms with E-state index in [0.717, 1.165) is 67.4 Å². The molecule has 0 aromatic heterocycles. The van der Waals surface area contributed by atoms with Crippen LogP contribution in [0, 0.1) is 45.6 Å². The molecule has 6 heteroatoms. The van der Waals surface area contributed by atoms with E-state index < -0.39 is 0 Å². The monoisotopic (exact) mass is 901 g/mol. The van der Waals surface area contributed by atoms with E-state index in [1.165, 1.54) is 40.7 Å². The van der Waals surface area contributed by atoms with Gasteiger partial charge < -0.3 is 9.58 Å². The van der Waals surface area contributed by atoms with Gasteiger partial charge in [0, 0.05) is 37.3 Å². The Morgan fingerprint density at radius 2 is 0.848 bits per heavy atom. The Morgan fingerprint density at radius 1 is 0.500 bits per heavy atom. The molecule has 0 aromatic rings. The fraction of sp³-hybridized carbons (Fsp3) is 0.583. The molecule has 0 spiro atoms. The Morgan fingerprint density at radius 3 is 1.17 bits per heavy atom. The number of hydrogen-bond acceptors (Lipinski definition) is 4. The molecule has 0 bridgehead atoms. The highest BCUT2D eigenvalue weighted by Gasteiger charge is 2.30. The number of methoxy groups -OCH3 is 1. The molecule has 0 saturated carbocycles. The van der Waals surface area contributed by atoms with Crippen LogP contribution in [0.25, 0.3) is 9.69 Å². The van der Waals surface area contributed by atoms with Crippen LogP contribution in [-0.4, -0.2) is 31.0 Å². The van der Waals surface area contributed by atoms with Crippen LogP contribution in [0.3, 0.4) is 0 Å². The lowest BCUT2D eigenvalue weighted by atomic mass is 9.75. The van der Waals surface area contributed by atoms with Gasteiger partial charge in [-0.1, -0.05) is 161 Å². The van der Waals surface area contributed by atoms with Crippen molar-refractivity contribution in [3.63, 3.8) is 0 Å². The van der Waals surface area contributed by atoms with Gasteiger partial charge in [-0.05, 0) is 122 Å². The third-order valence-electron chi connectivity index (χ3n) is 11.8. The molecule has 0 radical (unpaired) electrons. The van der Waals surface area contributed by atoms with Gasteiger partial charge in [0.25, 0.3) is 0 Å². The molecule has 0 unspecified atom stereocenters. The summed E-state index contributed by atoms with van der Waals surface area (Å²) < 4.78 is 5.04. The van der Waals surface area contributed by atoms with Gasteiger partial charge in [-0.3, -0.25) is 14.4 Å². The number of nitrogens with zero attached hydrogens (tertiary/aromatic N) is 2. The van der Waals surface area contributed by atoms with Crippen LogP contribution in [-0.2, 0) is 19.1 Å². The van der Waals surface area contributed by atoms with Crippen LogP contribution in [0.1, 0.15) is 181 Å². The molecule has 0 heterocycles. The topological polar surface area (TPSA) is 69.2 Å². The standard InChI is InChI=1S/C12H15N.C10H13NO.2C10H16.C9H14O2.C9H14O/c1-9-6-11(10(2)13-5)8-12(3,4)7-9;1-10(2)5-8(7-11-3)4-9(12)6-10;2*1-8-5-9(2)7-10(3,4)6-8;1-9(2)5-7(10)4-8(6-9)11-3;1-7-4-8(10)6-9(2,3)5-7/h6H,1-2,7-8H2,3-4H3;4H,5-7H2,1-2H3;2*5H,1,6-7H2,2-4H3;4H,5-6H2,1-3H3;4H,5-6H2,1-3H3. The third kappa shape index (κ3) is 24.6. The molecule has 6 aliphatic rings. The Bertz CT molecular complexity index is 2030. The first-order chi connectivity index (χ1) is 30.0. The minimum absolute atomic E-state index is 0.0614. The summed E-state index contributed by atoms with van der Waals surface area (Å²) >= 11 is 0. The maximum absolute atomic E-state index is 11.2. The number of ketones is 3. The molecule has 0 N–H and O–H groups in total. The van der Waals surface area contributed by atoms with Crippen LogP contribution < -0.4 is 0 Å². The van der Waals surface area contributed by atoms with E-state index in [1.807, 2.05) is 13.0 Å². The number of allylic oxidation sites excluding steroid dienone is 14. The Balaban J connectivity index is 0.000000397. The highest BCUT2D eigenvalue weighted by atomic mass is 16.5. The molecule has 6 rings (SSSR count). The Labute approximate surface area is 403 Å². The smallest absolute Gasteiger partial charge is 0.236 e. The van der Waals surface area contributed by atoms with Crippen molar-refractivity contribution in [1.82, 2.24) is 0 Å². The van der Waals surface area contributed by atoms with Gasteiger partial charge in [0.1, 0.15) is 0 Å². The van der Waals surface area contributed by atoms with Gasteiger partial charge in [-0.2, -0.15) is 0 Å². The SMILES string of the molecule is C=C1C=C(C)CC(C)(C)C1.C=C1C=C(C)CC(C)(C)C1.CC1=CC(=O)CC(C)(C)C1.COC1=CC(=O)CC(C)(C)C1.[C-]#[N+]C(=C)C1=CC(=C)CC(C)(C)C1.[C-]#[N+]CC1=CC(=O)CC(C)(C)C1. The van der Waals surface area contributed by atoms with Crippen molar-refractivity contribution in [1.29, 1.82) is 0 Å². The van der Waals surface area contributed by atoms with Gasteiger partial charge in [-0.15, -0.1) is 0 Å². The highest BCUT2D eigenvalue weighted by molar-refractivity contribution is 5.92. The molecule has 6 aliphatic carbocycles. The van der Waals surface area contributed by atoms with E-state index in [1.54, 1.807) is 25.3 Å².